The maximum Gasteiger partial charge on any atom is 0.258 e. The predicted octanol–water partition coefficient (Wildman–Crippen LogP) is 4.29. The Labute approximate surface area is 171 Å². The molecule has 0 aliphatic heterocycles. The second kappa shape index (κ2) is 10.4. The lowest BCUT2D eigenvalue weighted by Crippen LogP contribution is -2.31. The van der Waals surface area contributed by atoms with Crippen molar-refractivity contribution in [2.24, 2.45) is 0 Å². The van der Waals surface area contributed by atoms with Crippen molar-refractivity contribution in [3.05, 3.63) is 53.8 Å². The lowest BCUT2D eigenvalue weighted by molar-refractivity contribution is 0.102. The molecule has 158 valence electrons. The van der Waals surface area contributed by atoms with Gasteiger partial charge < -0.3 is 10.1 Å². The number of nitrogens with zero attached hydrogens (tertiary/aromatic N) is 1. The van der Waals surface area contributed by atoms with Gasteiger partial charge in [0.25, 0.3) is 5.91 Å². The molecule has 0 aliphatic rings. The minimum Gasteiger partial charge on any atom is -0.491 e. The third-order valence-electron chi connectivity index (χ3n) is 4.42. The zero-order chi connectivity index (χ0) is 21.4. The number of halogens is 1. The molecule has 0 aliphatic carbocycles. The van der Waals surface area contributed by atoms with Gasteiger partial charge in [0, 0.05) is 13.1 Å². The van der Waals surface area contributed by atoms with Crippen LogP contribution in [-0.2, 0) is 10.0 Å². The summed E-state index contributed by atoms with van der Waals surface area (Å²) in [4.78, 5) is 12.6. The van der Waals surface area contributed by atoms with Crippen LogP contribution in [0.2, 0.25) is 0 Å². The Kier molecular flexibility index (Phi) is 8.16. The van der Waals surface area contributed by atoms with E-state index in [0.717, 1.165) is 25.0 Å². The molecule has 0 atom stereocenters. The molecule has 0 heterocycles. The average molecular weight is 423 g/mol. The first kappa shape index (κ1) is 22.8. The maximum absolute atomic E-state index is 14.3. The smallest absolute Gasteiger partial charge is 0.258 e. The zero-order valence-electron chi connectivity index (χ0n) is 16.9. The quantitative estimate of drug-likeness (QED) is 0.580. The second-order valence-electron chi connectivity index (χ2n) is 6.38. The fourth-order valence-corrected chi connectivity index (χ4v) is 4.25. The highest BCUT2D eigenvalue weighted by molar-refractivity contribution is 7.89. The van der Waals surface area contributed by atoms with Crippen LogP contribution >= 0.6 is 0 Å². The van der Waals surface area contributed by atoms with Crippen molar-refractivity contribution in [3.63, 3.8) is 0 Å². The highest BCUT2D eigenvalue weighted by Gasteiger charge is 2.24. The number of carbonyl (C=O) groups excluding carboxylic acids is 1. The van der Waals surface area contributed by atoms with Crippen molar-refractivity contribution in [1.82, 2.24) is 4.31 Å². The monoisotopic (exact) mass is 422 g/mol. The number of para-hydroxylation sites is 2. The number of hydrogen-bond donors (Lipinski definition) is 1. The van der Waals surface area contributed by atoms with E-state index in [1.807, 2.05) is 6.92 Å². The molecule has 6 nitrogen and oxygen atoms in total. The molecule has 0 spiro atoms. The molecule has 0 aromatic heterocycles. The van der Waals surface area contributed by atoms with Crippen molar-refractivity contribution in [1.29, 1.82) is 0 Å². The second-order valence-corrected chi connectivity index (χ2v) is 8.32. The van der Waals surface area contributed by atoms with E-state index in [1.165, 1.54) is 10.4 Å². The van der Waals surface area contributed by atoms with E-state index >= 15 is 0 Å². The molecule has 0 fully saturated rings. The Balaban J connectivity index is 2.31. The summed E-state index contributed by atoms with van der Waals surface area (Å²) in [7, 11) is -3.81. The molecule has 1 N–H and O–H groups in total. The van der Waals surface area contributed by atoms with Gasteiger partial charge in [-0.15, -0.1) is 0 Å². The molecule has 0 bridgehead atoms. The summed E-state index contributed by atoms with van der Waals surface area (Å²) in [5, 5.41) is 2.62. The first-order valence-corrected chi connectivity index (χ1v) is 11.1. The highest BCUT2D eigenvalue weighted by atomic mass is 32.2. The van der Waals surface area contributed by atoms with E-state index in [-0.39, 0.29) is 23.5 Å². The number of rotatable bonds is 10. The number of hydrogen-bond acceptors (Lipinski definition) is 4. The number of anilines is 1. The number of amides is 1. The van der Waals surface area contributed by atoms with E-state index in [1.54, 1.807) is 38.1 Å². The van der Waals surface area contributed by atoms with E-state index in [9.17, 15) is 17.6 Å². The number of ether oxygens (including phenoxy) is 1. The first-order chi connectivity index (χ1) is 13.8. The summed E-state index contributed by atoms with van der Waals surface area (Å²) in [5.74, 6) is -1.07. The van der Waals surface area contributed by atoms with Gasteiger partial charge in [-0.3, -0.25) is 4.79 Å². The highest BCUT2D eigenvalue weighted by Crippen LogP contribution is 2.26. The van der Waals surface area contributed by atoms with Crippen molar-refractivity contribution in [2.75, 3.05) is 25.0 Å². The van der Waals surface area contributed by atoms with Gasteiger partial charge in [-0.05, 0) is 36.8 Å². The molecule has 1 amide bonds. The molecule has 8 heteroatoms. The number of sulfonamides is 1. The molecule has 0 saturated carbocycles. The fourth-order valence-electron chi connectivity index (χ4n) is 2.76. The van der Waals surface area contributed by atoms with Gasteiger partial charge in [0.1, 0.15) is 11.6 Å². The van der Waals surface area contributed by atoms with Crippen molar-refractivity contribution in [3.8, 4) is 5.75 Å². The molecule has 2 aromatic rings. The summed E-state index contributed by atoms with van der Waals surface area (Å²) in [6.07, 6.45) is 1.83. The van der Waals surface area contributed by atoms with Crippen LogP contribution in [0.1, 0.15) is 44.0 Å². The Morgan fingerprint density at radius 1 is 1.10 bits per heavy atom. The SMILES string of the molecule is CCCCOc1ccccc1NC(=O)c1cc(S(=O)(=O)N(CC)CC)ccc1F. The summed E-state index contributed by atoms with van der Waals surface area (Å²) in [5.41, 5.74) is 0.0478. The van der Waals surface area contributed by atoms with Crippen molar-refractivity contribution >= 4 is 21.6 Å². The molecular formula is C21H27FN2O4S. The van der Waals surface area contributed by atoms with E-state index in [4.69, 9.17) is 4.74 Å². The van der Waals surface area contributed by atoms with Gasteiger partial charge in [0.15, 0.2) is 0 Å². The topological polar surface area (TPSA) is 75.7 Å². The predicted molar refractivity (Wildman–Crippen MR) is 111 cm³/mol. The maximum atomic E-state index is 14.3. The van der Waals surface area contributed by atoms with Gasteiger partial charge in [-0.2, -0.15) is 4.31 Å². The van der Waals surface area contributed by atoms with Gasteiger partial charge in [-0.25, -0.2) is 12.8 Å². The Bertz CT molecular complexity index is 943. The summed E-state index contributed by atoms with van der Waals surface area (Å²) in [6, 6.07) is 10.1. The van der Waals surface area contributed by atoms with Crippen LogP contribution in [0.15, 0.2) is 47.4 Å². The molecule has 29 heavy (non-hydrogen) atoms. The lowest BCUT2D eigenvalue weighted by Gasteiger charge is -2.19. The third kappa shape index (κ3) is 5.55. The molecular weight excluding hydrogens is 395 g/mol. The molecule has 0 saturated heterocycles. The Morgan fingerprint density at radius 2 is 1.79 bits per heavy atom. The minimum atomic E-state index is -3.81. The summed E-state index contributed by atoms with van der Waals surface area (Å²) in [6.45, 7) is 6.52. The third-order valence-corrected chi connectivity index (χ3v) is 6.46. The van der Waals surface area contributed by atoms with Crippen LogP contribution in [0.4, 0.5) is 10.1 Å². The van der Waals surface area contributed by atoms with Crippen LogP contribution in [0.25, 0.3) is 0 Å². The normalized spacial score (nSPS) is 11.5. The summed E-state index contributed by atoms with van der Waals surface area (Å²) >= 11 is 0. The largest absolute Gasteiger partial charge is 0.491 e. The first-order valence-electron chi connectivity index (χ1n) is 9.68. The zero-order valence-corrected chi connectivity index (χ0v) is 17.8. The van der Waals surface area contributed by atoms with Crippen LogP contribution in [0.5, 0.6) is 5.75 Å². The van der Waals surface area contributed by atoms with Crippen LogP contribution < -0.4 is 10.1 Å². The van der Waals surface area contributed by atoms with Gasteiger partial charge in [0.05, 0.1) is 22.8 Å². The molecule has 2 rings (SSSR count). The van der Waals surface area contributed by atoms with Gasteiger partial charge in [-0.1, -0.05) is 39.3 Å². The molecule has 0 radical (unpaired) electrons. The fraction of sp³-hybridized carbons (Fsp3) is 0.381. The average Bonchev–Trinajstić information content (AvgIpc) is 2.70. The standard InChI is InChI=1S/C21H27FN2O4S/c1-4-7-14-28-20-11-9-8-10-19(20)23-21(25)17-15-16(12-13-18(17)22)29(26,27)24(5-2)6-3/h8-13,15H,4-7,14H2,1-3H3,(H,23,25). The Morgan fingerprint density at radius 3 is 2.45 bits per heavy atom. The Hall–Kier alpha value is -2.45. The summed E-state index contributed by atoms with van der Waals surface area (Å²) < 4.78 is 46.6. The number of nitrogens with one attached hydrogen (secondary N) is 1. The lowest BCUT2D eigenvalue weighted by atomic mass is 10.2. The minimum absolute atomic E-state index is 0.125. The number of carbonyl (C=O) groups is 1. The van der Waals surface area contributed by atoms with Gasteiger partial charge in [0.2, 0.25) is 10.0 Å². The van der Waals surface area contributed by atoms with E-state index in [2.05, 4.69) is 5.32 Å². The molecule has 2 aromatic carbocycles. The molecule has 0 unspecified atom stereocenters. The van der Waals surface area contributed by atoms with Crippen LogP contribution in [-0.4, -0.2) is 38.3 Å². The van der Waals surface area contributed by atoms with Crippen molar-refractivity contribution < 1.29 is 22.3 Å². The number of unbranched alkanes of at least 4 members (excludes halogenated alkanes) is 1. The van der Waals surface area contributed by atoms with E-state index in [0.29, 0.717) is 18.0 Å². The van der Waals surface area contributed by atoms with Crippen LogP contribution in [0, 0.1) is 5.82 Å². The van der Waals surface area contributed by atoms with E-state index < -0.39 is 21.7 Å². The number of benzene rings is 2. The van der Waals surface area contributed by atoms with Crippen molar-refractivity contribution in [2.45, 2.75) is 38.5 Å². The van der Waals surface area contributed by atoms with Gasteiger partial charge >= 0.3 is 0 Å². The van der Waals surface area contributed by atoms with Crippen LogP contribution in [0.3, 0.4) is 0 Å².